The van der Waals surface area contributed by atoms with E-state index in [0.717, 1.165) is 5.56 Å². The summed E-state index contributed by atoms with van der Waals surface area (Å²) in [6.07, 6.45) is 1.02. The van der Waals surface area contributed by atoms with Crippen molar-refractivity contribution in [3.05, 3.63) is 35.9 Å². The molecule has 0 aliphatic heterocycles. The van der Waals surface area contributed by atoms with Crippen LogP contribution < -0.4 is 0 Å². The molecular formula is C16H23NO4. The lowest BCUT2D eigenvalue weighted by Gasteiger charge is -2.20. The molecule has 0 saturated heterocycles. The molecule has 0 bridgehead atoms. The van der Waals surface area contributed by atoms with Gasteiger partial charge in [0.15, 0.2) is 0 Å². The SMILES string of the molecule is CCOC(=O)CCCN(CC(=O)OC)Cc1ccccc1. The standard InChI is InChI=1S/C16H23NO4/c1-3-21-15(18)10-7-11-17(13-16(19)20-2)12-14-8-5-4-6-9-14/h4-6,8-9H,3,7,10-13H2,1-2H3. The normalized spacial score (nSPS) is 10.4. The Hall–Kier alpha value is -1.88. The average Bonchev–Trinajstić information content (AvgIpc) is 2.48. The molecular weight excluding hydrogens is 270 g/mol. The van der Waals surface area contributed by atoms with Crippen molar-refractivity contribution in [1.29, 1.82) is 0 Å². The molecule has 0 saturated carbocycles. The second kappa shape index (κ2) is 9.94. The van der Waals surface area contributed by atoms with Crippen molar-refractivity contribution >= 4 is 11.9 Å². The smallest absolute Gasteiger partial charge is 0.319 e. The van der Waals surface area contributed by atoms with E-state index < -0.39 is 0 Å². The molecule has 116 valence electrons. The first-order valence-corrected chi connectivity index (χ1v) is 7.14. The van der Waals surface area contributed by atoms with Crippen molar-refractivity contribution in [3.8, 4) is 0 Å². The maximum Gasteiger partial charge on any atom is 0.319 e. The zero-order chi connectivity index (χ0) is 15.5. The number of hydrogen-bond donors (Lipinski definition) is 0. The van der Waals surface area contributed by atoms with Gasteiger partial charge in [-0.15, -0.1) is 0 Å². The van der Waals surface area contributed by atoms with Crippen molar-refractivity contribution in [2.45, 2.75) is 26.3 Å². The minimum atomic E-state index is -0.276. The first-order chi connectivity index (χ1) is 10.2. The largest absolute Gasteiger partial charge is 0.468 e. The van der Waals surface area contributed by atoms with Gasteiger partial charge in [-0.25, -0.2) is 0 Å². The Kier molecular flexibility index (Phi) is 8.12. The van der Waals surface area contributed by atoms with Gasteiger partial charge in [-0.2, -0.15) is 0 Å². The van der Waals surface area contributed by atoms with E-state index in [0.29, 0.717) is 32.5 Å². The molecule has 0 amide bonds. The van der Waals surface area contributed by atoms with Gasteiger partial charge in [-0.05, 0) is 25.5 Å². The van der Waals surface area contributed by atoms with Crippen LogP contribution in [0.1, 0.15) is 25.3 Å². The molecule has 5 nitrogen and oxygen atoms in total. The molecule has 5 heteroatoms. The summed E-state index contributed by atoms with van der Waals surface area (Å²) in [6, 6.07) is 9.90. The van der Waals surface area contributed by atoms with Crippen LogP contribution in [-0.4, -0.2) is 43.6 Å². The highest BCUT2D eigenvalue weighted by Crippen LogP contribution is 2.06. The first kappa shape index (κ1) is 17.2. The lowest BCUT2D eigenvalue weighted by molar-refractivity contribution is -0.143. The number of rotatable bonds is 9. The molecule has 0 aliphatic rings. The molecule has 0 aliphatic carbocycles. The Bertz CT molecular complexity index is 433. The highest BCUT2D eigenvalue weighted by Gasteiger charge is 2.12. The number of hydrogen-bond acceptors (Lipinski definition) is 5. The predicted molar refractivity (Wildman–Crippen MR) is 79.6 cm³/mol. The van der Waals surface area contributed by atoms with E-state index in [4.69, 9.17) is 9.47 Å². The van der Waals surface area contributed by atoms with Crippen LogP contribution in [-0.2, 0) is 25.6 Å². The van der Waals surface area contributed by atoms with Crippen molar-refractivity contribution in [3.63, 3.8) is 0 Å². The van der Waals surface area contributed by atoms with Crippen LogP contribution >= 0.6 is 0 Å². The van der Waals surface area contributed by atoms with Crippen LogP contribution in [0.25, 0.3) is 0 Å². The van der Waals surface area contributed by atoms with E-state index in [1.165, 1.54) is 7.11 Å². The molecule has 0 aromatic heterocycles. The number of nitrogens with zero attached hydrogens (tertiary/aromatic N) is 1. The highest BCUT2D eigenvalue weighted by atomic mass is 16.5. The Morgan fingerprint density at radius 3 is 2.48 bits per heavy atom. The van der Waals surface area contributed by atoms with E-state index in [2.05, 4.69) is 0 Å². The zero-order valence-electron chi connectivity index (χ0n) is 12.7. The molecule has 1 aromatic rings. The Morgan fingerprint density at radius 1 is 1.14 bits per heavy atom. The van der Waals surface area contributed by atoms with Crippen LogP contribution in [0.3, 0.4) is 0 Å². The Balaban J connectivity index is 2.48. The summed E-state index contributed by atoms with van der Waals surface area (Å²) in [5.41, 5.74) is 1.12. The van der Waals surface area contributed by atoms with Crippen LogP contribution in [0, 0.1) is 0 Å². The maximum absolute atomic E-state index is 11.5. The van der Waals surface area contributed by atoms with Crippen LogP contribution in [0.2, 0.25) is 0 Å². The molecule has 21 heavy (non-hydrogen) atoms. The van der Waals surface area contributed by atoms with E-state index in [-0.39, 0.29) is 18.5 Å². The van der Waals surface area contributed by atoms with Gasteiger partial charge in [-0.3, -0.25) is 14.5 Å². The third-order valence-electron chi connectivity index (χ3n) is 2.99. The summed E-state index contributed by atoms with van der Waals surface area (Å²) in [7, 11) is 1.38. The van der Waals surface area contributed by atoms with Gasteiger partial charge in [0.25, 0.3) is 0 Å². The third kappa shape index (κ3) is 7.46. The molecule has 0 unspecified atom stereocenters. The number of ether oxygens (including phenoxy) is 2. The van der Waals surface area contributed by atoms with E-state index in [9.17, 15) is 9.59 Å². The quantitative estimate of drug-likeness (QED) is 0.652. The molecule has 1 rings (SSSR count). The molecule has 0 radical (unpaired) electrons. The minimum absolute atomic E-state index is 0.199. The van der Waals surface area contributed by atoms with E-state index in [1.54, 1.807) is 6.92 Å². The Morgan fingerprint density at radius 2 is 1.86 bits per heavy atom. The summed E-state index contributed by atoms with van der Waals surface area (Å²) in [5.74, 6) is -0.475. The lowest BCUT2D eigenvalue weighted by atomic mass is 10.2. The van der Waals surface area contributed by atoms with Gasteiger partial charge in [-0.1, -0.05) is 30.3 Å². The number of methoxy groups -OCH3 is 1. The molecule has 0 heterocycles. The van der Waals surface area contributed by atoms with E-state index in [1.807, 2.05) is 35.2 Å². The first-order valence-electron chi connectivity index (χ1n) is 7.14. The fraction of sp³-hybridized carbons (Fsp3) is 0.500. The van der Waals surface area contributed by atoms with Crippen LogP contribution in [0.15, 0.2) is 30.3 Å². The second-order valence-corrected chi connectivity index (χ2v) is 4.68. The number of esters is 2. The van der Waals surface area contributed by atoms with Gasteiger partial charge in [0, 0.05) is 13.0 Å². The molecule has 0 fully saturated rings. The number of carbonyl (C=O) groups is 2. The van der Waals surface area contributed by atoms with Crippen LogP contribution in [0.4, 0.5) is 0 Å². The fourth-order valence-corrected chi connectivity index (χ4v) is 1.98. The molecule has 1 aromatic carbocycles. The van der Waals surface area contributed by atoms with Gasteiger partial charge < -0.3 is 9.47 Å². The van der Waals surface area contributed by atoms with Gasteiger partial charge in [0.05, 0.1) is 20.3 Å². The van der Waals surface area contributed by atoms with Gasteiger partial charge >= 0.3 is 11.9 Å². The fourth-order valence-electron chi connectivity index (χ4n) is 1.98. The van der Waals surface area contributed by atoms with Gasteiger partial charge in [0.1, 0.15) is 0 Å². The minimum Gasteiger partial charge on any atom is -0.468 e. The molecule has 0 spiro atoms. The third-order valence-corrected chi connectivity index (χ3v) is 2.99. The summed E-state index contributed by atoms with van der Waals surface area (Å²) < 4.78 is 9.61. The zero-order valence-corrected chi connectivity index (χ0v) is 12.7. The number of benzene rings is 1. The Labute approximate surface area is 125 Å². The molecule has 0 atom stereocenters. The van der Waals surface area contributed by atoms with Crippen LogP contribution in [0.5, 0.6) is 0 Å². The van der Waals surface area contributed by atoms with Crippen molar-refractivity contribution in [2.75, 3.05) is 26.8 Å². The second-order valence-electron chi connectivity index (χ2n) is 4.68. The van der Waals surface area contributed by atoms with Gasteiger partial charge in [0.2, 0.25) is 0 Å². The molecule has 0 N–H and O–H groups in total. The summed E-state index contributed by atoms with van der Waals surface area (Å²) in [4.78, 5) is 24.8. The maximum atomic E-state index is 11.5. The summed E-state index contributed by atoms with van der Waals surface area (Å²) in [5, 5.41) is 0. The topological polar surface area (TPSA) is 55.8 Å². The van der Waals surface area contributed by atoms with Crippen molar-refractivity contribution < 1.29 is 19.1 Å². The predicted octanol–water partition coefficient (Wildman–Crippen LogP) is 2.00. The summed E-state index contributed by atoms with van der Waals surface area (Å²) >= 11 is 0. The average molecular weight is 293 g/mol. The highest BCUT2D eigenvalue weighted by molar-refractivity contribution is 5.71. The van der Waals surface area contributed by atoms with Crippen molar-refractivity contribution in [1.82, 2.24) is 4.90 Å². The van der Waals surface area contributed by atoms with Crippen molar-refractivity contribution in [2.24, 2.45) is 0 Å². The number of carbonyl (C=O) groups excluding carboxylic acids is 2. The summed E-state index contributed by atoms with van der Waals surface area (Å²) in [6.45, 7) is 3.70. The monoisotopic (exact) mass is 293 g/mol. The van der Waals surface area contributed by atoms with E-state index >= 15 is 0 Å². The lowest BCUT2D eigenvalue weighted by Crippen LogP contribution is -2.31.